The van der Waals surface area contributed by atoms with E-state index in [-0.39, 0.29) is 12.1 Å². The van der Waals surface area contributed by atoms with Crippen molar-refractivity contribution in [2.75, 3.05) is 19.6 Å². The van der Waals surface area contributed by atoms with E-state index < -0.39 is 5.60 Å². The van der Waals surface area contributed by atoms with Gasteiger partial charge in [0, 0.05) is 30.6 Å². The molecule has 0 fully saturated rings. The molecule has 0 radical (unpaired) electrons. The molecule has 1 aromatic heterocycles. The Kier molecular flexibility index (Phi) is 7.29. The maximum atomic E-state index is 12.2. The second-order valence-electron chi connectivity index (χ2n) is 6.45. The van der Waals surface area contributed by atoms with Gasteiger partial charge >= 0.3 is 6.09 Å². The van der Waals surface area contributed by atoms with Crippen LogP contribution in [0.2, 0.25) is 0 Å². The summed E-state index contributed by atoms with van der Waals surface area (Å²) in [5, 5.41) is 3.45. The van der Waals surface area contributed by atoms with E-state index in [4.69, 9.17) is 4.74 Å². The van der Waals surface area contributed by atoms with Crippen molar-refractivity contribution in [1.29, 1.82) is 0 Å². The van der Waals surface area contributed by atoms with E-state index in [9.17, 15) is 4.79 Å². The summed E-state index contributed by atoms with van der Waals surface area (Å²) in [5.74, 6) is 0. The molecule has 1 rings (SSSR count). The van der Waals surface area contributed by atoms with Crippen LogP contribution in [0.5, 0.6) is 0 Å². The molecule has 22 heavy (non-hydrogen) atoms. The molecule has 1 unspecified atom stereocenters. The van der Waals surface area contributed by atoms with Crippen molar-refractivity contribution in [3.63, 3.8) is 0 Å². The third kappa shape index (κ3) is 6.32. The first kappa shape index (κ1) is 18.9. The van der Waals surface area contributed by atoms with Gasteiger partial charge in [0.05, 0.1) is 11.2 Å². The monoisotopic (exact) mass is 327 g/mol. The molecule has 0 aliphatic heterocycles. The van der Waals surface area contributed by atoms with Gasteiger partial charge in [-0.1, -0.05) is 6.92 Å². The number of carbonyl (C=O) groups is 1. The van der Waals surface area contributed by atoms with Crippen LogP contribution in [0.15, 0.2) is 5.51 Å². The molecule has 1 amide bonds. The number of aromatic nitrogens is 1. The number of hydrogen-bond acceptors (Lipinski definition) is 5. The molecular formula is C16H29N3O2S. The molecule has 1 aromatic rings. The Morgan fingerprint density at radius 2 is 2.14 bits per heavy atom. The van der Waals surface area contributed by atoms with Gasteiger partial charge < -0.3 is 15.0 Å². The van der Waals surface area contributed by atoms with Crippen LogP contribution in [0.4, 0.5) is 4.79 Å². The van der Waals surface area contributed by atoms with E-state index in [1.165, 1.54) is 4.88 Å². The van der Waals surface area contributed by atoms with Crippen LogP contribution in [-0.2, 0) is 4.74 Å². The van der Waals surface area contributed by atoms with Gasteiger partial charge in [0.1, 0.15) is 5.60 Å². The lowest BCUT2D eigenvalue weighted by molar-refractivity contribution is 0.0251. The quantitative estimate of drug-likeness (QED) is 0.828. The molecule has 0 saturated heterocycles. The average molecular weight is 327 g/mol. The lowest BCUT2D eigenvalue weighted by Gasteiger charge is -2.27. The normalized spacial score (nSPS) is 13.0. The number of aryl methyl sites for hydroxylation is 1. The summed E-state index contributed by atoms with van der Waals surface area (Å²) in [7, 11) is 0. The highest BCUT2D eigenvalue weighted by Crippen LogP contribution is 2.20. The lowest BCUT2D eigenvalue weighted by atomic mass is 10.2. The fourth-order valence-corrected chi connectivity index (χ4v) is 2.96. The molecule has 0 bridgehead atoms. The van der Waals surface area contributed by atoms with Gasteiger partial charge in [0.15, 0.2) is 0 Å². The standard InChI is InChI=1S/C16H29N3O2S/c1-7-9-19(15(20)21-16(4,5)6)10-8-17-12(2)14-13(3)18-11-22-14/h11-12,17H,7-10H2,1-6H3. The zero-order chi connectivity index (χ0) is 16.8. The zero-order valence-electron chi connectivity index (χ0n) is 14.6. The molecular weight excluding hydrogens is 298 g/mol. The molecule has 0 saturated carbocycles. The molecule has 0 spiro atoms. The Hall–Kier alpha value is -1.14. The minimum Gasteiger partial charge on any atom is -0.444 e. The summed E-state index contributed by atoms with van der Waals surface area (Å²) in [4.78, 5) is 19.5. The van der Waals surface area contributed by atoms with E-state index in [1.54, 1.807) is 16.2 Å². The second kappa shape index (κ2) is 8.48. The third-order valence-corrected chi connectivity index (χ3v) is 4.27. The van der Waals surface area contributed by atoms with Crippen LogP contribution < -0.4 is 5.32 Å². The molecule has 0 aliphatic rings. The molecule has 1 N–H and O–H groups in total. The molecule has 6 heteroatoms. The van der Waals surface area contributed by atoms with Crippen molar-refractivity contribution >= 4 is 17.4 Å². The Labute approximate surface area is 138 Å². The summed E-state index contributed by atoms with van der Waals surface area (Å²) in [6.07, 6.45) is 0.681. The van der Waals surface area contributed by atoms with Gasteiger partial charge in [-0.2, -0.15) is 0 Å². The molecule has 0 aromatic carbocycles. The molecule has 1 heterocycles. The average Bonchev–Trinajstić information content (AvgIpc) is 2.81. The van der Waals surface area contributed by atoms with Crippen molar-refractivity contribution < 1.29 is 9.53 Å². The van der Waals surface area contributed by atoms with Gasteiger partial charge in [-0.15, -0.1) is 11.3 Å². The predicted octanol–water partition coefficient (Wildman–Crippen LogP) is 3.75. The number of thiazole rings is 1. The fraction of sp³-hybridized carbons (Fsp3) is 0.750. The second-order valence-corrected chi connectivity index (χ2v) is 7.33. The van der Waals surface area contributed by atoms with Crippen LogP contribution in [0.25, 0.3) is 0 Å². The number of nitrogens with one attached hydrogen (secondary N) is 1. The van der Waals surface area contributed by atoms with Crippen molar-refractivity contribution in [2.24, 2.45) is 0 Å². The Morgan fingerprint density at radius 1 is 1.45 bits per heavy atom. The van der Waals surface area contributed by atoms with Gasteiger partial charge in [-0.25, -0.2) is 9.78 Å². The number of ether oxygens (including phenoxy) is 1. The summed E-state index contributed by atoms with van der Waals surface area (Å²) < 4.78 is 5.45. The first-order valence-electron chi connectivity index (χ1n) is 7.86. The van der Waals surface area contributed by atoms with Crippen molar-refractivity contribution in [3.05, 3.63) is 16.1 Å². The topological polar surface area (TPSA) is 54.5 Å². The van der Waals surface area contributed by atoms with Crippen molar-refractivity contribution in [3.8, 4) is 0 Å². The first-order chi connectivity index (χ1) is 10.2. The number of hydrogen-bond donors (Lipinski definition) is 1. The smallest absolute Gasteiger partial charge is 0.410 e. The Bertz CT molecular complexity index is 468. The van der Waals surface area contributed by atoms with Gasteiger partial charge in [0.25, 0.3) is 0 Å². The van der Waals surface area contributed by atoms with Gasteiger partial charge in [-0.05, 0) is 41.0 Å². The van der Waals surface area contributed by atoms with E-state index in [2.05, 4.69) is 24.1 Å². The summed E-state index contributed by atoms with van der Waals surface area (Å²) in [5.41, 5.74) is 2.48. The largest absolute Gasteiger partial charge is 0.444 e. The Morgan fingerprint density at radius 3 is 2.64 bits per heavy atom. The van der Waals surface area contributed by atoms with Crippen molar-refractivity contribution in [1.82, 2.24) is 15.2 Å². The summed E-state index contributed by atoms with van der Waals surface area (Å²) in [6, 6.07) is 0.245. The van der Waals surface area contributed by atoms with Crippen LogP contribution in [0.1, 0.15) is 57.7 Å². The lowest BCUT2D eigenvalue weighted by Crippen LogP contribution is -2.41. The van der Waals surface area contributed by atoms with Crippen LogP contribution >= 0.6 is 11.3 Å². The number of carbonyl (C=O) groups excluding carboxylic acids is 1. The predicted molar refractivity (Wildman–Crippen MR) is 91.4 cm³/mol. The van der Waals surface area contributed by atoms with E-state index in [0.717, 1.165) is 18.7 Å². The SMILES string of the molecule is CCCN(CCNC(C)c1scnc1C)C(=O)OC(C)(C)C. The maximum Gasteiger partial charge on any atom is 0.410 e. The summed E-state index contributed by atoms with van der Waals surface area (Å²) >= 11 is 1.66. The molecule has 126 valence electrons. The number of nitrogens with zero attached hydrogens (tertiary/aromatic N) is 2. The van der Waals surface area contributed by atoms with Gasteiger partial charge in [0.2, 0.25) is 0 Å². The fourth-order valence-electron chi connectivity index (χ4n) is 2.13. The van der Waals surface area contributed by atoms with E-state index >= 15 is 0 Å². The van der Waals surface area contributed by atoms with Crippen LogP contribution in [-0.4, -0.2) is 41.2 Å². The zero-order valence-corrected chi connectivity index (χ0v) is 15.4. The van der Waals surface area contributed by atoms with E-state index in [1.807, 2.05) is 33.2 Å². The molecule has 1 atom stereocenters. The molecule has 5 nitrogen and oxygen atoms in total. The van der Waals surface area contributed by atoms with E-state index in [0.29, 0.717) is 13.1 Å². The number of rotatable bonds is 7. The minimum absolute atomic E-state index is 0.238. The maximum absolute atomic E-state index is 12.2. The summed E-state index contributed by atoms with van der Waals surface area (Å²) in [6.45, 7) is 14.0. The third-order valence-electron chi connectivity index (χ3n) is 3.15. The minimum atomic E-state index is -0.455. The highest BCUT2D eigenvalue weighted by atomic mass is 32.1. The van der Waals surface area contributed by atoms with Crippen LogP contribution in [0.3, 0.4) is 0 Å². The number of amides is 1. The van der Waals surface area contributed by atoms with Crippen molar-refractivity contribution in [2.45, 2.75) is 59.6 Å². The molecule has 0 aliphatic carbocycles. The van der Waals surface area contributed by atoms with Gasteiger partial charge in [-0.3, -0.25) is 0 Å². The highest BCUT2D eigenvalue weighted by molar-refractivity contribution is 7.09. The van der Waals surface area contributed by atoms with Crippen LogP contribution in [0, 0.1) is 6.92 Å². The Balaban J connectivity index is 2.47. The first-order valence-corrected chi connectivity index (χ1v) is 8.74. The highest BCUT2D eigenvalue weighted by Gasteiger charge is 2.21.